The third kappa shape index (κ3) is 11.7. The second-order valence-electron chi connectivity index (χ2n) is 10.9. The van der Waals surface area contributed by atoms with Gasteiger partial charge in [-0.2, -0.15) is 0 Å². The lowest BCUT2D eigenvalue weighted by Gasteiger charge is -2.31. The van der Waals surface area contributed by atoms with E-state index >= 15 is 0 Å². The van der Waals surface area contributed by atoms with Crippen LogP contribution < -0.4 is 0 Å². The number of ether oxygens (including phenoxy) is 2. The highest BCUT2D eigenvalue weighted by atomic mass is 31.2. The Morgan fingerprint density at radius 3 is 1.60 bits per heavy atom. The van der Waals surface area contributed by atoms with Crippen molar-refractivity contribution in [2.75, 3.05) is 52.9 Å². The number of carbonyl (C=O) groups is 3. The first-order valence-corrected chi connectivity index (χ1v) is 19.5. The van der Waals surface area contributed by atoms with Gasteiger partial charge in [-0.25, -0.2) is 9.13 Å². The third-order valence-corrected chi connectivity index (χ3v) is 10.8. The Morgan fingerprint density at radius 2 is 1.12 bits per heavy atom. The zero-order valence-corrected chi connectivity index (χ0v) is 30.0. The minimum Gasteiger partial charge on any atom is -0.465 e. The molecule has 2 unspecified atom stereocenters. The van der Waals surface area contributed by atoms with Crippen molar-refractivity contribution in [3.63, 3.8) is 0 Å². The van der Waals surface area contributed by atoms with Crippen molar-refractivity contribution < 1.29 is 60.1 Å². The zero-order chi connectivity index (χ0) is 35.0. The van der Waals surface area contributed by atoms with E-state index in [-0.39, 0.29) is 58.6 Å². The molecule has 16 heteroatoms. The summed E-state index contributed by atoms with van der Waals surface area (Å²) in [7, 11) is -7.29. The van der Waals surface area contributed by atoms with Crippen LogP contribution >= 0.6 is 15.6 Å². The van der Waals surface area contributed by atoms with Crippen LogP contribution in [0, 0.1) is 11.8 Å². The molecule has 48 heavy (non-hydrogen) atoms. The highest BCUT2D eigenvalue weighted by Gasteiger charge is 2.59. The quantitative estimate of drug-likeness (QED) is 0.0732. The van der Waals surface area contributed by atoms with Crippen LogP contribution in [0.3, 0.4) is 0 Å². The second kappa shape index (κ2) is 20.4. The first-order chi connectivity index (χ1) is 23.1. The van der Waals surface area contributed by atoms with Gasteiger partial charge in [-0.15, -0.1) is 0 Å². The van der Waals surface area contributed by atoms with Crippen LogP contribution in [0.1, 0.15) is 58.9 Å². The molecular weight excluding hydrogens is 668 g/mol. The molecule has 1 fully saturated rings. The van der Waals surface area contributed by atoms with E-state index in [4.69, 9.17) is 36.6 Å². The Kier molecular flexibility index (Phi) is 17.1. The van der Waals surface area contributed by atoms with Gasteiger partial charge in [-0.05, 0) is 65.0 Å². The van der Waals surface area contributed by atoms with Gasteiger partial charge in [-0.1, -0.05) is 36.4 Å². The molecule has 0 amide bonds. The standard InChI is InChI=1S/C32H49NO13P2/c1-5-41-47(37,42-6-2)45-22-14-12-20-39-31(35)28-26-18-19-27(34)30(33(26)24-25-16-10-9-11-17-25)29(28)32(36)40-21-13-15-23-46-48(38,43-7-3)44-8-4/h9-11,16-19,26,28-30H,5-8,12-15,20-24H2,1-4H3/t26-,28?,29?,30+/m1/s1. The fourth-order valence-electron chi connectivity index (χ4n) is 5.58. The molecule has 1 aromatic carbocycles. The van der Waals surface area contributed by atoms with Crippen molar-refractivity contribution in [1.29, 1.82) is 0 Å². The van der Waals surface area contributed by atoms with Crippen LogP contribution in [0.4, 0.5) is 0 Å². The second-order valence-corrected chi connectivity index (χ2v) is 14.2. The van der Waals surface area contributed by atoms with Gasteiger partial charge >= 0.3 is 27.6 Å². The van der Waals surface area contributed by atoms with Crippen molar-refractivity contribution in [2.45, 2.75) is 72.0 Å². The molecule has 2 heterocycles. The van der Waals surface area contributed by atoms with Crippen molar-refractivity contribution in [3.8, 4) is 0 Å². The molecule has 1 aromatic rings. The number of fused-ring (bicyclic) bond motifs is 2. The van der Waals surface area contributed by atoms with Crippen molar-refractivity contribution in [2.24, 2.45) is 11.8 Å². The average molecular weight is 718 g/mol. The van der Waals surface area contributed by atoms with E-state index in [0.29, 0.717) is 32.2 Å². The van der Waals surface area contributed by atoms with Crippen LogP contribution in [-0.4, -0.2) is 87.6 Å². The number of benzene rings is 1. The first-order valence-electron chi connectivity index (χ1n) is 16.5. The van der Waals surface area contributed by atoms with E-state index in [0.717, 1.165) is 5.56 Å². The Morgan fingerprint density at radius 1 is 0.667 bits per heavy atom. The van der Waals surface area contributed by atoms with Gasteiger partial charge in [0.1, 0.15) is 0 Å². The molecule has 1 saturated heterocycles. The lowest BCUT2D eigenvalue weighted by molar-refractivity contribution is -0.160. The van der Waals surface area contributed by atoms with E-state index in [2.05, 4.69) is 0 Å². The number of ketones is 1. The van der Waals surface area contributed by atoms with E-state index in [9.17, 15) is 23.5 Å². The summed E-state index contributed by atoms with van der Waals surface area (Å²) in [6.45, 7) is 7.88. The average Bonchev–Trinajstić information content (AvgIpc) is 3.28. The first kappa shape index (κ1) is 40.2. The number of hydrogen-bond donors (Lipinski definition) is 0. The Hall–Kier alpha value is -2.25. The van der Waals surface area contributed by atoms with Gasteiger partial charge < -0.3 is 9.47 Å². The Balaban J connectivity index is 1.63. The molecule has 270 valence electrons. The van der Waals surface area contributed by atoms with Gasteiger partial charge in [0.2, 0.25) is 0 Å². The number of rotatable bonds is 24. The fraction of sp³-hybridized carbons (Fsp3) is 0.656. The maximum Gasteiger partial charge on any atom is 0.474 e. The number of unbranched alkanes of at least 4 members (excludes halogenated alkanes) is 2. The molecule has 14 nitrogen and oxygen atoms in total. The van der Waals surface area contributed by atoms with Crippen molar-refractivity contribution in [3.05, 3.63) is 48.0 Å². The summed E-state index contributed by atoms with van der Waals surface area (Å²) >= 11 is 0. The van der Waals surface area contributed by atoms with Gasteiger partial charge in [0.05, 0.1) is 70.7 Å². The van der Waals surface area contributed by atoms with Crippen molar-refractivity contribution >= 4 is 33.4 Å². The summed E-state index contributed by atoms with van der Waals surface area (Å²) in [5.74, 6) is -3.65. The number of carbonyl (C=O) groups excluding carboxylic acids is 3. The zero-order valence-electron chi connectivity index (χ0n) is 28.2. The van der Waals surface area contributed by atoms with E-state index in [1.165, 1.54) is 6.08 Å². The molecule has 0 aliphatic carbocycles. The number of phosphoric ester groups is 2. The number of phosphoric acid groups is 2. The number of esters is 2. The van der Waals surface area contributed by atoms with Crippen molar-refractivity contribution in [1.82, 2.24) is 4.90 Å². The lowest BCUT2D eigenvalue weighted by Crippen LogP contribution is -2.45. The summed E-state index contributed by atoms with van der Waals surface area (Å²) in [5, 5.41) is 0. The molecule has 4 atom stereocenters. The summed E-state index contributed by atoms with van der Waals surface area (Å²) < 4.78 is 67.3. The predicted molar refractivity (Wildman–Crippen MR) is 175 cm³/mol. The minimum absolute atomic E-state index is 0.000922. The fourth-order valence-corrected chi connectivity index (χ4v) is 8.00. The molecule has 0 saturated carbocycles. The molecule has 0 spiro atoms. The maximum atomic E-state index is 13.6. The van der Waals surface area contributed by atoms with E-state index < -0.39 is 51.5 Å². The molecule has 3 rings (SSSR count). The van der Waals surface area contributed by atoms with Crippen LogP contribution in [0.15, 0.2) is 42.5 Å². The molecular formula is C32H49NO13P2. The normalized spacial score (nSPS) is 21.0. The summed E-state index contributed by atoms with van der Waals surface area (Å²) in [6, 6.07) is 8.01. The van der Waals surface area contributed by atoms with Crippen LogP contribution in [0.5, 0.6) is 0 Å². The predicted octanol–water partition coefficient (Wildman–Crippen LogP) is 5.65. The molecule has 0 aromatic heterocycles. The maximum absolute atomic E-state index is 13.6. The van der Waals surface area contributed by atoms with Gasteiger partial charge in [0.25, 0.3) is 0 Å². The monoisotopic (exact) mass is 717 g/mol. The molecule has 2 aliphatic heterocycles. The molecule has 0 N–H and O–H groups in total. The molecule has 2 aliphatic rings. The number of nitrogens with zero attached hydrogens (tertiary/aromatic N) is 1. The summed E-state index contributed by atoms with van der Waals surface area (Å²) in [4.78, 5) is 42.3. The molecule has 2 bridgehead atoms. The topological polar surface area (TPSA) is 162 Å². The highest BCUT2D eigenvalue weighted by Crippen LogP contribution is 2.50. The third-order valence-electron chi connectivity index (χ3n) is 7.55. The minimum atomic E-state index is -3.65. The van der Waals surface area contributed by atoms with Gasteiger partial charge in [-0.3, -0.25) is 46.4 Å². The highest BCUT2D eigenvalue weighted by molar-refractivity contribution is 7.48. The van der Waals surface area contributed by atoms with Gasteiger partial charge in [0, 0.05) is 12.6 Å². The smallest absolute Gasteiger partial charge is 0.465 e. The van der Waals surface area contributed by atoms with Crippen LogP contribution in [0.25, 0.3) is 0 Å². The largest absolute Gasteiger partial charge is 0.474 e. The lowest BCUT2D eigenvalue weighted by atomic mass is 9.87. The SMILES string of the molecule is CCOP(=O)(OCC)OCCCCOC(=O)C1C(C(=O)OCCCCOP(=O)(OCC)OCC)[C@@H]2C(=O)C=C[C@H]1N2Cc1ccccc1. The summed E-state index contributed by atoms with van der Waals surface area (Å²) in [6.07, 6.45) is 4.65. The van der Waals surface area contributed by atoms with Crippen LogP contribution in [0.2, 0.25) is 0 Å². The Labute approximate surface area is 282 Å². The van der Waals surface area contributed by atoms with E-state index in [1.54, 1.807) is 33.8 Å². The van der Waals surface area contributed by atoms with E-state index in [1.807, 2.05) is 35.2 Å². The van der Waals surface area contributed by atoms with Gasteiger partial charge in [0.15, 0.2) is 5.78 Å². The molecule has 0 radical (unpaired) electrons. The number of hydrogen-bond acceptors (Lipinski definition) is 14. The Bertz CT molecular complexity index is 1270. The summed E-state index contributed by atoms with van der Waals surface area (Å²) in [5.41, 5.74) is 0.921. The van der Waals surface area contributed by atoms with Crippen LogP contribution in [-0.2, 0) is 66.7 Å².